The Bertz CT molecular complexity index is 510. The van der Waals surface area contributed by atoms with E-state index in [1.807, 2.05) is 74.8 Å². The van der Waals surface area contributed by atoms with Crippen molar-refractivity contribution in [1.29, 1.82) is 0 Å². The molecule has 0 aliphatic carbocycles. The Morgan fingerprint density at radius 2 is 1.00 bits per heavy atom. The summed E-state index contributed by atoms with van der Waals surface area (Å²) >= 11 is 0. The Hall–Kier alpha value is -2.62. The first kappa shape index (κ1) is 13.8. The molecule has 4 nitrogen and oxygen atoms in total. The van der Waals surface area contributed by atoms with Crippen molar-refractivity contribution in [2.24, 2.45) is 10.2 Å². The van der Waals surface area contributed by atoms with Gasteiger partial charge < -0.3 is 0 Å². The molecule has 0 bridgehead atoms. The monoisotopic (exact) mass is 266 g/mol. The van der Waals surface area contributed by atoms with Gasteiger partial charge in [-0.2, -0.15) is 10.2 Å². The standard InChI is InChI=1S/C16H18N4/c1-19(15-9-5-3-6-10-15)17-13-14-18-20(2)16-11-7-4-8-12-16/h3-14H,1-2H3/b17-13+,18-14+. The first-order valence-electron chi connectivity index (χ1n) is 6.41. The second-order valence-corrected chi connectivity index (χ2v) is 4.25. The van der Waals surface area contributed by atoms with Crippen LogP contribution in [0.25, 0.3) is 0 Å². The zero-order valence-electron chi connectivity index (χ0n) is 11.7. The van der Waals surface area contributed by atoms with Gasteiger partial charge >= 0.3 is 0 Å². The largest absolute Gasteiger partial charge is 0.269 e. The molecule has 2 aromatic rings. The summed E-state index contributed by atoms with van der Waals surface area (Å²) in [6.07, 6.45) is 3.35. The molecule has 0 aliphatic rings. The van der Waals surface area contributed by atoms with Crippen LogP contribution in [0, 0.1) is 0 Å². The maximum atomic E-state index is 4.29. The van der Waals surface area contributed by atoms with E-state index in [-0.39, 0.29) is 0 Å². The van der Waals surface area contributed by atoms with Gasteiger partial charge in [0.2, 0.25) is 0 Å². The van der Waals surface area contributed by atoms with E-state index >= 15 is 0 Å². The second-order valence-electron chi connectivity index (χ2n) is 4.25. The summed E-state index contributed by atoms with van der Waals surface area (Å²) in [4.78, 5) is 0. The highest BCUT2D eigenvalue weighted by Crippen LogP contribution is 2.11. The molecule has 2 rings (SSSR count). The molecule has 102 valence electrons. The van der Waals surface area contributed by atoms with E-state index in [0.29, 0.717) is 0 Å². The van der Waals surface area contributed by atoms with E-state index in [1.54, 1.807) is 22.4 Å². The Morgan fingerprint density at radius 3 is 1.35 bits per heavy atom. The molecule has 20 heavy (non-hydrogen) atoms. The first-order valence-corrected chi connectivity index (χ1v) is 6.41. The Morgan fingerprint density at radius 1 is 0.650 bits per heavy atom. The van der Waals surface area contributed by atoms with Crippen LogP contribution in [-0.2, 0) is 0 Å². The molecule has 0 spiro atoms. The van der Waals surface area contributed by atoms with Crippen LogP contribution in [-0.4, -0.2) is 26.5 Å². The van der Waals surface area contributed by atoms with E-state index in [4.69, 9.17) is 0 Å². The molecule has 0 aromatic heterocycles. The van der Waals surface area contributed by atoms with E-state index in [1.165, 1.54) is 0 Å². The molecule has 0 radical (unpaired) electrons. The third-order valence-electron chi connectivity index (χ3n) is 2.81. The van der Waals surface area contributed by atoms with Gasteiger partial charge in [0.1, 0.15) is 0 Å². The second kappa shape index (κ2) is 7.09. The molecule has 0 heterocycles. The highest BCUT2D eigenvalue weighted by molar-refractivity contribution is 6.16. The fraction of sp³-hybridized carbons (Fsp3) is 0.125. The van der Waals surface area contributed by atoms with Crippen molar-refractivity contribution in [1.82, 2.24) is 0 Å². The zero-order chi connectivity index (χ0) is 14.2. The van der Waals surface area contributed by atoms with Gasteiger partial charge in [-0.15, -0.1) is 0 Å². The molecule has 0 amide bonds. The maximum absolute atomic E-state index is 4.29. The van der Waals surface area contributed by atoms with Crippen molar-refractivity contribution >= 4 is 23.8 Å². The minimum atomic E-state index is 1.04. The number of rotatable bonds is 5. The summed E-state index contributed by atoms with van der Waals surface area (Å²) in [6, 6.07) is 19.9. The minimum absolute atomic E-state index is 1.04. The smallest absolute Gasteiger partial charge is 0.0675 e. The molecule has 0 N–H and O–H groups in total. The van der Waals surface area contributed by atoms with Gasteiger partial charge in [0.25, 0.3) is 0 Å². The lowest BCUT2D eigenvalue weighted by molar-refractivity contribution is 1.02. The maximum Gasteiger partial charge on any atom is 0.0675 e. The number of anilines is 2. The quantitative estimate of drug-likeness (QED) is 0.614. The molecule has 0 saturated carbocycles. The molecule has 0 aliphatic heterocycles. The summed E-state index contributed by atoms with van der Waals surface area (Å²) in [6.45, 7) is 0. The summed E-state index contributed by atoms with van der Waals surface area (Å²) in [7, 11) is 3.81. The number of nitrogens with zero attached hydrogens (tertiary/aromatic N) is 4. The fourth-order valence-corrected chi connectivity index (χ4v) is 1.68. The van der Waals surface area contributed by atoms with E-state index in [0.717, 1.165) is 11.4 Å². The Labute approximate surface area is 119 Å². The molecule has 0 saturated heterocycles. The SMILES string of the molecule is CN(/N=C/C=N/N(C)c1ccccc1)c1ccccc1. The van der Waals surface area contributed by atoms with Crippen LogP contribution in [0.1, 0.15) is 0 Å². The number of hydrogen-bond donors (Lipinski definition) is 0. The highest BCUT2D eigenvalue weighted by Gasteiger charge is 1.95. The van der Waals surface area contributed by atoms with Gasteiger partial charge in [-0.1, -0.05) is 36.4 Å². The van der Waals surface area contributed by atoms with Gasteiger partial charge in [-0.3, -0.25) is 10.0 Å². The van der Waals surface area contributed by atoms with Crippen molar-refractivity contribution in [2.75, 3.05) is 24.1 Å². The summed E-state index contributed by atoms with van der Waals surface area (Å²) in [5.41, 5.74) is 2.07. The van der Waals surface area contributed by atoms with E-state index < -0.39 is 0 Å². The molecule has 4 heteroatoms. The predicted molar refractivity (Wildman–Crippen MR) is 86.7 cm³/mol. The minimum Gasteiger partial charge on any atom is -0.269 e. The lowest BCUT2D eigenvalue weighted by atomic mass is 10.3. The van der Waals surface area contributed by atoms with Crippen molar-refractivity contribution in [3.63, 3.8) is 0 Å². The van der Waals surface area contributed by atoms with E-state index in [9.17, 15) is 0 Å². The van der Waals surface area contributed by atoms with E-state index in [2.05, 4.69) is 10.2 Å². The number of hydrazone groups is 2. The molecule has 0 fully saturated rings. The van der Waals surface area contributed by atoms with Gasteiger partial charge in [-0.05, 0) is 24.3 Å². The van der Waals surface area contributed by atoms with Crippen LogP contribution in [0.5, 0.6) is 0 Å². The average Bonchev–Trinajstić information content (AvgIpc) is 2.53. The van der Waals surface area contributed by atoms with Crippen LogP contribution >= 0.6 is 0 Å². The van der Waals surface area contributed by atoms with Crippen LogP contribution in [0.2, 0.25) is 0 Å². The zero-order valence-corrected chi connectivity index (χ0v) is 11.7. The average molecular weight is 266 g/mol. The fourth-order valence-electron chi connectivity index (χ4n) is 1.68. The highest BCUT2D eigenvalue weighted by atomic mass is 15.4. The van der Waals surface area contributed by atoms with Crippen LogP contribution in [0.15, 0.2) is 70.9 Å². The third-order valence-corrected chi connectivity index (χ3v) is 2.81. The van der Waals surface area contributed by atoms with Crippen LogP contribution < -0.4 is 10.0 Å². The molecular formula is C16H18N4. The number of hydrogen-bond acceptors (Lipinski definition) is 4. The summed E-state index contributed by atoms with van der Waals surface area (Å²) < 4.78 is 0. The lowest BCUT2D eigenvalue weighted by Crippen LogP contribution is -2.10. The summed E-state index contributed by atoms with van der Waals surface area (Å²) in [5, 5.41) is 12.2. The van der Waals surface area contributed by atoms with Crippen LogP contribution in [0.3, 0.4) is 0 Å². The topological polar surface area (TPSA) is 31.2 Å². The molecule has 0 atom stereocenters. The van der Waals surface area contributed by atoms with Crippen molar-refractivity contribution in [3.8, 4) is 0 Å². The van der Waals surface area contributed by atoms with Crippen molar-refractivity contribution in [2.45, 2.75) is 0 Å². The molecule has 2 aromatic carbocycles. The summed E-state index contributed by atoms with van der Waals surface area (Å²) in [5.74, 6) is 0. The molecular weight excluding hydrogens is 248 g/mol. The number of para-hydroxylation sites is 2. The van der Waals surface area contributed by atoms with Gasteiger partial charge in [0.05, 0.1) is 23.8 Å². The number of benzene rings is 2. The third kappa shape index (κ3) is 3.95. The normalized spacial score (nSPS) is 11.1. The predicted octanol–water partition coefficient (Wildman–Crippen LogP) is 3.23. The van der Waals surface area contributed by atoms with Crippen LogP contribution in [0.4, 0.5) is 11.4 Å². The van der Waals surface area contributed by atoms with Gasteiger partial charge in [0, 0.05) is 14.1 Å². The van der Waals surface area contributed by atoms with Gasteiger partial charge in [-0.25, -0.2) is 0 Å². The first-order chi connectivity index (χ1) is 9.77. The van der Waals surface area contributed by atoms with Gasteiger partial charge in [0.15, 0.2) is 0 Å². The lowest BCUT2D eigenvalue weighted by Gasteiger charge is -2.12. The Balaban J connectivity index is 1.91. The Kier molecular flexibility index (Phi) is 4.89. The molecule has 0 unspecified atom stereocenters. The van der Waals surface area contributed by atoms with Crippen molar-refractivity contribution < 1.29 is 0 Å². The van der Waals surface area contributed by atoms with Crippen molar-refractivity contribution in [3.05, 3.63) is 60.7 Å².